The Morgan fingerprint density at radius 1 is 0.864 bits per heavy atom. The molecule has 59 heavy (non-hydrogen) atoms. The molecule has 10 heteroatoms. The predicted octanol–water partition coefficient (Wildman–Crippen LogP) is 9.65. The molecule has 2 amide bonds. The Bertz CT molecular complexity index is 1860. The van der Waals surface area contributed by atoms with Crippen LogP contribution in [0.1, 0.15) is 132 Å². The lowest BCUT2D eigenvalue weighted by molar-refractivity contribution is -0.236. The highest BCUT2D eigenvalue weighted by atomic mass is 35.5. The zero-order valence-corrected chi connectivity index (χ0v) is 38.6. The first-order valence-corrected chi connectivity index (χ1v) is 23.0. The number of fused-ring (bicyclic) bond motifs is 7. The third-order valence-corrected chi connectivity index (χ3v) is 18.3. The van der Waals surface area contributed by atoms with Gasteiger partial charge in [0.2, 0.25) is 0 Å². The highest BCUT2D eigenvalue weighted by molar-refractivity contribution is 6.30. The average molecular weight is 835 g/mol. The molecule has 0 bridgehead atoms. The molecule has 0 aromatic heterocycles. The standard InChI is InChI=1S/C49H72ClN3O6/c1-30(2)40-35(55)27-49(51-43(57)53(25-24-52(10)11)28-31-12-14-32(50)15-13-31)23-22-47(8)33(41(40)49)16-17-37-46(7)20-19-38(45(5,6)36(46)18-21-48(37,47)9)59-42(56)34-26-39(58-29-54)44(34,3)4/h12-15,29-30,33-34,36-39H,16-28H2,1-11H3,(H,51,57)/t33-,34-,36+,37-,38+,39-,46+,47-,48-,49-/m1/s1. The number of ether oxygens (including phenoxy) is 2. The molecule has 10 atom stereocenters. The lowest BCUT2D eigenvalue weighted by Gasteiger charge is -2.72. The van der Waals surface area contributed by atoms with Crippen molar-refractivity contribution in [2.24, 2.45) is 56.7 Å². The van der Waals surface area contributed by atoms with Crippen LogP contribution < -0.4 is 5.32 Å². The number of carbonyl (C=O) groups is 4. The van der Waals surface area contributed by atoms with E-state index in [0.29, 0.717) is 49.3 Å². The number of hydrogen-bond donors (Lipinski definition) is 1. The van der Waals surface area contributed by atoms with Crippen molar-refractivity contribution >= 4 is 35.9 Å². The second kappa shape index (κ2) is 15.5. The first kappa shape index (κ1) is 44.2. The Morgan fingerprint density at radius 3 is 2.19 bits per heavy atom. The fourth-order valence-electron chi connectivity index (χ4n) is 14.4. The molecule has 0 saturated heterocycles. The van der Waals surface area contributed by atoms with Crippen molar-refractivity contribution in [3.8, 4) is 0 Å². The summed E-state index contributed by atoms with van der Waals surface area (Å²) in [6, 6.07) is 7.60. The van der Waals surface area contributed by atoms with E-state index in [4.69, 9.17) is 21.1 Å². The van der Waals surface area contributed by atoms with E-state index in [0.717, 1.165) is 69.0 Å². The summed E-state index contributed by atoms with van der Waals surface area (Å²) in [6.45, 7) is 22.9. The van der Waals surface area contributed by atoms with Crippen LogP contribution in [0.2, 0.25) is 5.02 Å². The zero-order chi connectivity index (χ0) is 43.1. The van der Waals surface area contributed by atoms with Gasteiger partial charge in [0.25, 0.3) is 6.47 Å². The summed E-state index contributed by atoms with van der Waals surface area (Å²) in [5.41, 5.74) is 1.96. The maximum atomic E-state index is 14.6. The van der Waals surface area contributed by atoms with E-state index >= 15 is 0 Å². The average Bonchev–Trinajstić information content (AvgIpc) is 3.45. The van der Waals surface area contributed by atoms with Crippen molar-refractivity contribution in [3.05, 3.63) is 46.0 Å². The van der Waals surface area contributed by atoms with Crippen molar-refractivity contribution < 1.29 is 28.7 Å². The Balaban J connectivity index is 1.14. The first-order valence-electron chi connectivity index (χ1n) is 22.6. The summed E-state index contributed by atoms with van der Waals surface area (Å²) in [6.07, 6.45) is 8.25. The number of halogens is 1. The molecule has 9 nitrogen and oxygen atoms in total. The van der Waals surface area contributed by atoms with E-state index < -0.39 is 11.0 Å². The van der Waals surface area contributed by atoms with Crippen LogP contribution in [0.4, 0.5) is 4.79 Å². The Kier molecular flexibility index (Phi) is 11.6. The van der Waals surface area contributed by atoms with Crippen molar-refractivity contribution in [2.45, 2.75) is 151 Å². The fraction of sp³-hybridized carbons (Fsp3) is 0.755. The molecule has 6 aliphatic rings. The van der Waals surface area contributed by atoms with E-state index in [2.05, 4.69) is 58.7 Å². The summed E-state index contributed by atoms with van der Waals surface area (Å²) in [4.78, 5) is 57.7. The van der Waals surface area contributed by atoms with Gasteiger partial charge in [-0.2, -0.15) is 0 Å². The van der Waals surface area contributed by atoms with Crippen LogP contribution >= 0.6 is 11.6 Å². The minimum Gasteiger partial charge on any atom is -0.464 e. The number of likely N-dealkylation sites (N-methyl/N-ethyl adjacent to an activating group) is 1. The number of amides is 2. The van der Waals surface area contributed by atoms with Crippen LogP contribution in [-0.2, 0) is 30.4 Å². The molecule has 326 valence electrons. The third-order valence-electron chi connectivity index (χ3n) is 18.0. The number of Topliss-reactive ketones (excluding diaryl/α,β-unsaturated/α-hetero) is 1. The number of urea groups is 1. The summed E-state index contributed by atoms with van der Waals surface area (Å²) in [7, 11) is 4.05. The quantitative estimate of drug-likeness (QED) is 0.175. The second-order valence-corrected chi connectivity index (χ2v) is 22.6. The van der Waals surface area contributed by atoms with E-state index in [1.807, 2.05) is 57.1 Å². The number of ketones is 1. The highest BCUT2D eigenvalue weighted by Gasteiger charge is 2.70. The zero-order valence-electron chi connectivity index (χ0n) is 37.8. The van der Waals surface area contributed by atoms with Gasteiger partial charge in [0.05, 0.1) is 11.5 Å². The second-order valence-electron chi connectivity index (χ2n) is 22.2. The lowest BCUT2D eigenvalue weighted by atomic mass is 9.33. The molecule has 1 N–H and O–H groups in total. The van der Waals surface area contributed by atoms with Crippen molar-refractivity contribution in [2.75, 3.05) is 27.2 Å². The van der Waals surface area contributed by atoms with E-state index in [-0.39, 0.29) is 69.4 Å². The van der Waals surface area contributed by atoms with Gasteiger partial charge in [0.15, 0.2) is 5.78 Å². The van der Waals surface area contributed by atoms with Gasteiger partial charge < -0.3 is 24.6 Å². The minimum atomic E-state index is -0.684. The van der Waals surface area contributed by atoms with Crippen LogP contribution in [-0.4, -0.2) is 79.0 Å². The minimum absolute atomic E-state index is 0.0353. The summed E-state index contributed by atoms with van der Waals surface area (Å²) < 4.78 is 11.8. The van der Waals surface area contributed by atoms with Crippen molar-refractivity contribution in [1.82, 2.24) is 15.1 Å². The van der Waals surface area contributed by atoms with Crippen LogP contribution in [0.25, 0.3) is 0 Å². The molecule has 0 heterocycles. The molecule has 0 unspecified atom stereocenters. The van der Waals surface area contributed by atoms with Gasteiger partial charge in [-0.25, -0.2) is 4.79 Å². The van der Waals surface area contributed by atoms with Crippen LogP contribution in [0.3, 0.4) is 0 Å². The molecule has 1 aromatic carbocycles. The maximum absolute atomic E-state index is 14.6. The summed E-state index contributed by atoms with van der Waals surface area (Å²) in [5, 5.41) is 4.28. The molecule has 6 aliphatic carbocycles. The van der Waals surface area contributed by atoms with Gasteiger partial charge in [0.1, 0.15) is 12.2 Å². The lowest BCUT2D eigenvalue weighted by Crippen LogP contribution is -2.67. The van der Waals surface area contributed by atoms with Crippen molar-refractivity contribution in [3.63, 3.8) is 0 Å². The topological polar surface area (TPSA) is 105 Å². The molecular formula is C49H72ClN3O6. The number of esters is 1. The number of nitrogens with one attached hydrogen (secondary N) is 1. The van der Waals surface area contributed by atoms with Gasteiger partial charge in [-0.3, -0.25) is 14.4 Å². The molecule has 0 aliphatic heterocycles. The predicted molar refractivity (Wildman–Crippen MR) is 231 cm³/mol. The normalized spacial score (nSPS) is 38.0. The molecule has 0 radical (unpaired) electrons. The van der Waals surface area contributed by atoms with Crippen molar-refractivity contribution in [1.29, 1.82) is 0 Å². The number of carbonyl (C=O) groups excluding carboxylic acids is 4. The van der Waals surface area contributed by atoms with Gasteiger partial charge >= 0.3 is 12.0 Å². The van der Waals surface area contributed by atoms with Crippen LogP contribution in [0, 0.1) is 56.7 Å². The largest absolute Gasteiger partial charge is 0.464 e. The molecule has 5 fully saturated rings. The molecule has 1 aromatic rings. The number of rotatable bonds is 11. The van der Waals surface area contributed by atoms with Gasteiger partial charge in [0, 0.05) is 41.9 Å². The summed E-state index contributed by atoms with van der Waals surface area (Å²) in [5.74, 6) is 0.935. The summed E-state index contributed by atoms with van der Waals surface area (Å²) >= 11 is 6.22. The number of benzene rings is 1. The smallest absolute Gasteiger partial charge is 0.318 e. The molecule has 0 spiro atoms. The van der Waals surface area contributed by atoms with Gasteiger partial charge in [-0.05, 0) is 141 Å². The monoisotopic (exact) mass is 834 g/mol. The van der Waals surface area contributed by atoms with Gasteiger partial charge in [-0.1, -0.05) is 86.0 Å². The van der Waals surface area contributed by atoms with E-state index in [1.54, 1.807) is 0 Å². The molecule has 5 saturated carbocycles. The van der Waals surface area contributed by atoms with E-state index in [9.17, 15) is 19.2 Å². The third kappa shape index (κ3) is 7.08. The van der Waals surface area contributed by atoms with Gasteiger partial charge in [-0.15, -0.1) is 0 Å². The van der Waals surface area contributed by atoms with Crippen LogP contribution in [0.15, 0.2) is 35.4 Å². The van der Waals surface area contributed by atoms with E-state index in [1.165, 1.54) is 5.57 Å². The Morgan fingerprint density at radius 2 is 1.56 bits per heavy atom. The molecular weight excluding hydrogens is 762 g/mol. The fourth-order valence-corrected chi connectivity index (χ4v) is 14.5. The number of nitrogens with zero attached hydrogens (tertiary/aromatic N) is 2. The number of allylic oxidation sites excluding steroid dienone is 1. The molecule has 7 rings (SSSR count). The van der Waals surface area contributed by atoms with Crippen LogP contribution in [0.5, 0.6) is 0 Å². The Labute approximate surface area is 359 Å². The highest BCUT2D eigenvalue weighted by Crippen LogP contribution is 2.76. The Hall–Kier alpha value is -2.91. The maximum Gasteiger partial charge on any atom is 0.318 e. The first-order chi connectivity index (χ1) is 27.6. The SMILES string of the molecule is CC(C)C1=C2[C@H]3CC[C@@H]4[C@@]5(C)CC[C@H](OC(=O)[C@H]6C[C@@H](OC=O)C6(C)C)C(C)(C)[C@@H]5CC[C@@]4(C)[C@]3(C)CC[C@@]2(NC(=O)N(CCN(C)C)Cc2ccc(Cl)cc2)CC1=O. The number of hydrogen-bond acceptors (Lipinski definition) is 7.